The molecule has 1 saturated heterocycles. The minimum atomic E-state index is -0.609. The first kappa shape index (κ1) is 24.3. The van der Waals surface area contributed by atoms with Gasteiger partial charge in [0.1, 0.15) is 5.75 Å². The van der Waals surface area contributed by atoms with Gasteiger partial charge in [0.05, 0.1) is 25.1 Å². The normalized spacial score (nSPS) is 13.3. The molecule has 0 saturated carbocycles. The fourth-order valence-electron chi connectivity index (χ4n) is 4.11. The second-order valence-electron chi connectivity index (χ2n) is 8.76. The van der Waals surface area contributed by atoms with Gasteiger partial charge in [0.25, 0.3) is 0 Å². The number of morpholine rings is 1. The molecule has 0 radical (unpaired) electrons. The smallest absolute Gasteiger partial charge is 0.323 e. The fourth-order valence-corrected chi connectivity index (χ4v) is 4.11. The van der Waals surface area contributed by atoms with Gasteiger partial charge in [0, 0.05) is 67.3 Å². The van der Waals surface area contributed by atoms with Crippen LogP contribution in [0.15, 0.2) is 67.1 Å². The van der Waals surface area contributed by atoms with Crippen molar-refractivity contribution in [2.75, 3.05) is 41.8 Å². The summed E-state index contributed by atoms with van der Waals surface area (Å²) in [6, 6.07) is 13.0. The zero-order valence-electron chi connectivity index (χ0n) is 20.6. The first-order chi connectivity index (χ1) is 17.9. The molecule has 5 rings (SSSR count). The van der Waals surface area contributed by atoms with Gasteiger partial charge in [0.15, 0.2) is 11.6 Å². The maximum absolute atomic E-state index is 14.8. The molecule has 2 aromatic carbocycles. The summed E-state index contributed by atoms with van der Waals surface area (Å²) < 4.78 is 27.6. The van der Waals surface area contributed by atoms with E-state index in [4.69, 9.17) is 9.47 Å². The van der Waals surface area contributed by atoms with Crippen molar-refractivity contribution in [3.8, 4) is 22.8 Å². The van der Waals surface area contributed by atoms with E-state index in [0.717, 1.165) is 29.9 Å². The number of urea groups is 1. The number of rotatable bonds is 6. The summed E-state index contributed by atoms with van der Waals surface area (Å²) in [6.07, 6.45) is 5.11. The highest BCUT2D eigenvalue weighted by Crippen LogP contribution is 2.29. The van der Waals surface area contributed by atoms with Gasteiger partial charge in [-0.2, -0.15) is 5.10 Å². The molecule has 3 heterocycles. The highest BCUT2D eigenvalue weighted by Gasteiger charge is 2.14. The van der Waals surface area contributed by atoms with Gasteiger partial charge in [0.2, 0.25) is 0 Å². The van der Waals surface area contributed by atoms with Crippen LogP contribution in [0.3, 0.4) is 0 Å². The summed E-state index contributed by atoms with van der Waals surface area (Å²) in [5, 5.41) is 9.65. The lowest BCUT2D eigenvalue weighted by molar-refractivity contribution is 0.122. The van der Waals surface area contributed by atoms with Gasteiger partial charge < -0.3 is 25.0 Å². The van der Waals surface area contributed by atoms with Crippen LogP contribution in [0.1, 0.15) is 5.56 Å². The number of aryl methyl sites for hydroxylation is 2. The summed E-state index contributed by atoms with van der Waals surface area (Å²) in [7, 11) is 1.82. The number of pyridine rings is 1. The molecule has 10 heteroatoms. The number of halogens is 1. The number of carbonyl (C=O) groups is 1. The van der Waals surface area contributed by atoms with Crippen molar-refractivity contribution >= 4 is 23.1 Å². The average Bonchev–Trinajstić information content (AvgIpc) is 3.32. The van der Waals surface area contributed by atoms with Gasteiger partial charge in [-0.1, -0.05) is 0 Å². The topological polar surface area (TPSA) is 93.5 Å². The molecule has 37 heavy (non-hydrogen) atoms. The second kappa shape index (κ2) is 10.7. The number of amides is 2. The standard InChI is InChI=1S/C27H27FN6O3/c1-18-11-21(13-22(12-18)34-7-9-36-10-8-34)32-27(35)31-20-3-4-26(24(28)14-20)37-23-5-6-29-25(15-23)19-16-30-33(2)17-19/h3-6,11-17H,7-10H2,1-2H3,(H2,31,32,35). The molecule has 0 unspecified atom stereocenters. The Morgan fingerprint density at radius 3 is 2.62 bits per heavy atom. The molecule has 0 aliphatic carbocycles. The predicted octanol–water partition coefficient (Wildman–Crippen LogP) is 5.20. The summed E-state index contributed by atoms with van der Waals surface area (Å²) in [5.74, 6) is -0.146. The van der Waals surface area contributed by atoms with Crippen molar-refractivity contribution < 1.29 is 18.7 Å². The molecular weight excluding hydrogens is 475 g/mol. The van der Waals surface area contributed by atoms with Crippen molar-refractivity contribution in [1.29, 1.82) is 0 Å². The van der Waals surface area contributed by atoms with Crippen LogP contribution in [0.25, 0.3) is 11.3 Å². The Balaban J connectivity index is 1.23. The van der Waals surface area contributed by atoms with E-state index in [2.05, 4.69) is 31.7 Å². The molecule has 1 aliphatic heterocycles. The Morgan fingerprint density at radius 1 is 1.05 bits per heavy atom. The molecule has 0 spiro atoms. The molecule has 0 bridgehead atoms. The maximum Gasteiger partial charge on any atom is 0.323 e. The third kappa shape index (κ3) is 6.04. The fraction of sp³-hybridized carbons (Fsp3) is 0.222. The van der Waals surface area contributed by atoms with Crippen LogP contribution in [0, 0.1) is 12.7 Å². The van der Waals surface area contributed by atoms with Crippen LogP contribution in [0.4, 0.5) is 26.2 Å². The summed E-state index contributed by atoms with van der Waals surface area (Å²) in [6.45, 7) is 4.92. The van der Waals surface area contributed by atoms with E-state index in [0.29, 0.717) is 36.0 Å². The second-order valence-corrected chi connectivity index (χ2v) is 8.76. The lowest BCUT2D eigenvalue weighted by atomic mass is 10.1. The number of hydrogen-bond donors (Lipinski definition) is 2. The summed E-state index contributed by atoms with van der Waals surface area (Å²) in [5.41, 5.74) is 4.48. The van der Waals surface area contributed by atoms with Gasteiger partial charge >= 0.3 is 6.03 Å². The van der Waals surface area contributed by atoms with Gasteiger partial charge in [-0.3, -0.25) is 9.67 Å². The Labute approximate surface area is 213 Å². The lowest BCUT2D eigenvalue weighted by Crippen LogP contribution is -2.36. The molecule has 1 fully saturated rings. The highest BCUT2D eigenvalue weighted by atomic mass is 19.1. The number of ether oxygens (including phenoxy) is 2. The van der Waals surface area contributed by atoms with Crippen LogP contribution in [0.5, 0.6) is 11.5 Å². The summed E-state index contributed by atoms with van der Waals surface area (Å²) >= 11 is 0. The third-order valence-corrected chi connectivity index (χ3v) is 5.85. The first-order valence-electron chi connectivity index (χ1n) is 11.9. The minimum absolute atomic E-state index is 0.0307. The lowest BCUT2D eigenvalue weighted by Gasteiger charge is -2.29. The van der Waals surface area contributed by atoms with Gasteiger partial charge in [-0.15, -0.1) is 0 Å². The van der Waals surface area contributed by atoms with Gasteiger partial charge in [-0.25, -0.2) is 9.18 Å². The van der Waals surface area contributed by atoms with Crippen molar-refractivity contribution in [2.45, 2.75) is 6.92 Å². The molecule has 190 valence electrons. The van der Waals surface area contributed by atoms with E-state index in [9.17, 15) is 9.18 Å². The number of aromatic nitrogens is 3. The number of anilines is 3. The Bertz CT molecular complexity index is 1420. The van der Waals surface area contributed by atoms with E-state index in [1.807, 2.05) is 32.3 Å². The Kier molecular flexibility index (Phi) is 7.00. The zero-order chi connectivity index (χ0) is 25.8. The molecule has 2 N–H and O–H groups in total. The van der Waals surface area contributed by atoms with E-state index in [1.54, 1.807) is 35.3 Å². The van der Waals surface area contributed by atoms with E-state index in [1.165, 1.54) is 12.1 Å². The monoisotopic (exact) mass is 502 g/mol. The molecule has 9 nitrogen and oxygen atoms in total. The molecular formula is C27H27FN6O3. The predicted molar refractivity (Wildman–Crippen MR) is 140 cm³/mol. The largest absolute Gasteiger partial charge is 0.454 e. The zero-order valence-corrected chi connectivity index (χ0v) is 20.6. The number of carbonyl (C=O) groups excluding carboxylic acids is 1. The van der Waals surface area contributed by atoms with Crippen LogP contribution < -0.4 is 20.3 Å². The Hall–Kier alpha value is -4.44. The average molecular weight is 503 g/mol. The van der Waals surface area contributed by atoms with E-state index in [-0.39, 0.29) is 5.75 Å². The maximum atomic E-state index is 14.8. The third-order valence-electron chi connectivity index (χ3n) is 5.85. The summed E-state index contributed by atoms with van der Waals surface area (Å²) in [4.78, 5) is 19.2. The molecule has 1 aliphatic rings. The van der Waals surface area contributed by atoms with Crippen molar-refractivity contribution in [1.82, 2.24) is 14.8 Å². The van der Waals surface area contributed by atoms with Crippen LogP contribution in [0.2, 0.25) is 0 Å². The van der Waals surface area contributed by atoms with E-state index < -0.39 is 11.8 Å². The Morgan fingerprint density at radius 2 is 1.86 bits per heavy atom. The van der Waals surface area contributed by atoms with Crippen molar-refractivity contribution in [2.24, 2.45) is 7.05 Å². The van der Waals surface area contributed by atoms with Gasteiger partial charge in [-0.05, 0) is 48.9 Å². The van der Waals surface area contributed by atoms with Crippen molar-refractivity contribution in [3.05, 3.63) is 78.5 Å². The molecule has 4 aromatic rings. The van der Waals surface area contributed by atoms with Crippen LogP contribution in [-0.4, -0.2) is 47.1 Å². The SMILES string of the molecule is Cc1cc(NC(=O)Nc2ccc(Oc3ccnc(-c4cnn(C)c4)c3)c(F)c2)cc(N2CCOCC2)c1. The molecule has 0 atom stereocenters. The highest BCUT2D eigenvalue weighted by molar-refractivity contribution is 6.00. The number of hydrogen-bond acceptors (Lipinski definition) is 6. The number of nitrogens with one attached hydrogen (secondary N) is 2. The number of benzene rings is 2. The quantitative estimate of drug-likeness (QED) is 0.376. The van der Waals surface area contributed by atoms with Crippen LogP contribution in [-0.2, 0) is 11.8 Å². The molecule has 2 amide bonds. The first-order valence-corrected chi connectivity index (χ1v) is 11.9. The molecule has 2 aromatic heterocycles. The van der Waals surface area contributed by atoms with Crippen molar-refractivity contribution in [3.63, 3.8) is 0 Å². The number of nitrogens with zero attached hydrogens (tertiary/aromatic N) is 4. The van der Waals surface area contributed by atoms with E-state index >= 15 is 0 Å². The van der Waals surface area contributed by atoms with Crippen LogP contribution >= 0.6 is 0 Å². The minimum Gasteiger partial charge on any atom is -0.454 e.